The molecule has 0 radical (unpaired) electrons. The monoisotopic (exact) mass is 503 g/mol. The molecule has 4 aromatic rings. The van der Waals surface area contributed by atoms with Gasteiger partial charge in [0.1, 0.15) is 6.33 Å². The Kier molecular flexibility index (Phi) is 5.14. The standard InChI is InChI=1S/C28H34FN7O/c1-16(2)22-23-21(33-25(22)20-10-36-26(31-15-32-36)18(4)17(20)3)9-30-27(24(23)29)35-13-28(14-35)11-34(12-28)19-5-7-37-8-6-19/h9-10,15-16,19,33H,5-8,11-14H2,1-4H3. The fourth-order valence-corrected chi connectivity index (χ4v) is 6.86. The summed E-state index contributed by atoms with van der Waals surface area (Å²) in [4.78, 5) is 17.2. The maximum atomic E-state index is 16.2. The van der Waals surface area contributed by atoms with Crippen molar-refractivity contribution < 1.29 is 9.13 Å². The van der Waals surface area contributed by atoms with E-state index in [1.807, 2.05) is 6.20 Å². The summed E-state index contributed by atoms with van der Waals surface area (Å²) in [6, 6.07) is 0.648. The van der Waals surface area contributed by atoms with E-state index in [-0.39, 0.29) is 17.2 Å². The number of aromatic amines is 1. The van der Waals surface area contributed by atoms with Crippen LogP contribution in [0.25, 0.3) is 27.8 Å². The van der Waals surface area contributed by atoms with Crippen LogP contribution in [0.2, 0.25) is 0 Å². The van der Waals surface area contributed by atoms with Gasteiger partial charge in [-0.2, -0.15) is 5.10 Å². The summed E-state index contributed by atoms with van der Waals surface area (Å²) < 4.78 is 23.6. The molecule has 194 valence electrons. The number of ether oxygens (including phenoxy) is 1. The molecule has 0 amide bonds. The molecule has 0 aliphatic carbocycles. The van der Waals surface area contributed by atoms with Crippen molar-refractivity contribution in [1.82, 2.24) is 29.5 Å². The number of rotatable bonds is 4. The Balaban J connectivity index is 1.21. The second-order valence-corrected chi connectivity index (χ2v) is 11.7. The number of aryl methyl sites for hydroxylation is 1. The van der Waals surface area contributed by atoms with Crippen molar-refractivity contribution in [2.24, 2.45) is 5.41 Å². The zero-order chi connectivity index (χ0) is 25.5. The number of nitrogens with one attached hydrogen (secondary N) is 1. The highest BCUT2D eigenvalue weighted by molar-refractivity contribution is 5.94. The molecule has 8 nitrogen and oxygen atoms in total. The van der Waals surface area contributed by atoms with Crippen LogP contribution < -0.4 is 4.90 Å². The molecule has 9 heteroatoms. The Morgan fingerprint density at radius 2 is 1.84 bits per heavy atom. The van der Waals surface area contributed by atoms with Gasteiger partial charge in [0.15, 0.2) is 17.3 Å². The first-order valence-electron chi connectivity index (χ1n) is 13.4. The predicted molar refractivity (Wildman–Crippen MR) is 142 cm³/mol. The topological polar surface area (TPSA) is 74.6 Å². The van der Waals surface area contributed by atoms with E-state index in [9.17, 15) is 0 Å². The van der Waals surface area contributed by atoms with E-state index in [4.69, 9.17) is 4.74 Å². The second kappa shape index (κ2) is 8.23. The molecule has 0 atom stereocenters. The number of hydrogen-bond donors (Lipinski definition) is 1. The van der Waals surface area contributed by atoms with Crippen LogP contribution in [-0.2, 0) is 4.74 Å². The van der Waals surface area contributed by atoms with E-state index in [0.717, 1.165) is 91.3 Å². The van der Waals surface area contributed by atoms with E-state index in [1.165, 1.54) is 0 Å². The molecule has 0 aromatic carbocycles. The Hall–Kier alpha value is -3.04. The van der Waals surface area contributed by atoms with Crippen LogP contribution in [0.3, 0.4) is 0 Å². The molecular weight excluding hydrogens is 469 g/mol. The summed E-state index contributed by atoms with van der Waals surface area (Å²) in [5.74, 6) is 0.395. The highest BCUT2D eigenvalue weighted by Gasteiger charge is 2.54. The zero-order valence-electron chi connectivity index (χ0n) is 22.0. The second-order valence-electron chi connectivity index (χ2n) is 11.7. The lowest BCUT2D eigenvalue weighted by Crippen LogP contribution is -2.74. The quantitative estimate of drug-likeness (QED) is 0.444. The Morgan fingerprint density at radius 1 is 1.08 bits per heavy atom. The molecule has 1 spiro atoms. The molecule has 7 rings (SSSR count). The Bertz CT molecular complexity index is 1500. The number of anilines is 1. The van der Waals surface area contributed by atoms with Gasteiger partial charge in [-0.25, -0.2) is 18.9 Å². The summed E-state index contributed by atoms with van der Waals surface area (Å²) in [6.07, 6.45) is 7.63. The fourth-order valence-electron chi connectivity index (χ4n) is 6.86. The van der Waals surface area contributed by atoms with E-state index < -0.39 is 0 Å². The molecule has 0 unspecified atom stereocenters. The first-order chi connectivity index (χ1) is 17.8. The molecule has 1 N–H and O–H groups in total. The van der Waals surface area contributed by atoms with Gasteiger partial charge < -0.3 is 14.6 Å². The van der Waals surface area contributed by atoms with Crippen molar-refractivity contribution in [1.29, 1.82) is 0 Å². The Labute approximate surface area is 215 Å². The molecule has 7 heterocycles. The number of H-pyrrole nitrogens is 1. The number of hydrogen-bond acceptors (Lipinski definition) is 6. The first kappa shape index (κ1) is 23.1. The van der Waals surface area contributed by atoms with Gasteiger partial charge in [0.2, 0.25) is 0 Å². The van der Waals surface area contributed by atoms with Gasteiger partial charge in [0.25, 0.3) is 0 Å². The minimum atomic E-state index is -0.213. The summed E-state index contributed by atoms with van der Waals surface area (Å²) in [5.41, 5.74) is 7.00. The summed E-state index contributed by atoms with van der Waals surface area (Å²) in [5, 5.41) is 5.02. The maximum Gasteiger partial charge on any atom is 0.175 e. The number of aromatic nitrogens is 5. The van der Waals surface area contributed by atoms with Crippen LogP contribution >= 0.6 is 0 Å². The van der Waals surface area contributed by atoms with Crippen molar-refractivity contribution in [3.05, 3.63) is 41.2 Å². The lowest BCUT2D eigenvalue weighted by atomic mass is 9.71. The zero-order valence-corrected chi connectivity index (χ0v) is 22.0. The SMILES string of the molecule is Cc1c(-c2[nH]c3cnc(N4CC5(C4)CN(C4CCOCC4)C5)c(F)c3c2C(C)C)cn2ncnc2c1C. The number of likely N-dealkylation sites (tertiary alicyclic amines) is 1. The van der Waals surface area contributed by atoms with E-state index in [2.05, 4.69) is 57.5 Å². The van der Waals surface area contributed by atoms with Crippen LogP contribution in [-0.4, -0.2) is 74.9 Å². The van der Waals surface area contributed by atoms with Crippen molar-refractivity contribution in [2.45, 2.75) is 52.5 Å². The third kappa shape index (κ3) is 3.43. The lowest BCUT2D eigenvalue weighted by Gasteiger charge is -2.62. The lowest BCUT2D eigenvalue weighted by molar-refractivity contribution is -0.0775. The van der Waals surface area contributed by atoms with Crippen LogP contribution in [0, 0.1) is 25.1 Å². The first-order valence-corrected chi connectivity index (χ1v) is 13.4. The highest BCUT2D eigenvalue weighted by atomic mass is 19.1. The molecular formula is C28H34FN7O. The van der Waals surface area contributed by atoms with Gasteiger partial charge in [-0.1, -0.05) is 13.8 Å². The molecule has 0 saturated carbocycles. The highest BCUT2D eigenvalue weighted by Crippen LogP contribution is 2.46. The normalized spacial score (nSPS) is 20.3. The van der Waals surface area contributed by atoms with Gasteiger partial charge >= 0.3 is 0 Å². The molecule has 37 heavy (non-hydrogen) atoms. The van der Waals surface area contributed by atoms with E-state index in [1.54, 1.807) is 17.0 Å². The Morgan fingerprint density at radius 3 is 2.57 bits per heavy atom. The molecule has 3 fully saturated rings. The third-order valence-corrected chi connectivity index (χ3v) is 8.91. The largest absolute Gasteiger partial charge is 0.381 e. The van der Waals surface area contributed by atoms with Crippen LogP contribution in [0.4, 0.5) is 10.2 Å². The van der Waals surface area contributed by atoms with Crippen molar-refractivity contribution >= 4 is 22.4 Å². The van der Waals surface area contributed by atoms with Gasteiger partial charge in [-0.3, -0.25) is 4.90 Å². The van der Waals surface area contributed by atoms with Gasteiger partial charge in [0.05, 0.1) is 17.4 Å². The minimum absolute atomic E-state index is 0.127. The number of nitrogens with zero attached hydrogens (tertiary/aromatic N) is 6. The predicted octanol–water partition coefficient (Wildman–Crippen LogP) is 4.45. The smallest absolute Gasteiger partial charge is 0.175 e. The molecule has 3 aliphatic heterocycles. The van der Waals surface area contributed by atoms with Gasteiger partial charge in [0, 0.05) is 68.0 Å². The van der Waals surface area contributed by atoms with Crippen LogP contribution in [0.5, 0.6) is 0 Å². The fraction of sp³-hybridized carbons (Fsp3) is 0.536. The number of fused-ring (bicyclic) bond motifs is 2. The van der Waals surface area contributed by atoms with Gasteiger partial charge in [-0.05, 0) is 49.3 Å². The van der Waals surface area contributed by atoms with E-state index in [0.29, 0.717) is 17.2 Å². The number of halogens is 1. The molecule has 3 saturated heterocycles. The van der Waals surface area contributed by atoms with Crippen LogP contribution in [0.1, 0.15) is 49.3 Å². The number of pyridine rings is 2. The van der Waals surface area contributed by atoms with Crippen molar-refractivity contribution in [2.75, 3.05) is 44.3 Å². The van der Waals surface area contributed by atoms with Gasteiger partial charge in [-0.15, -0.1) is 0 Å². The molecule has 0 bridgehead atoms. The van der Waals surface area contributed by atoms with E-state index >= 15 is 4.39 Å². The maximum absolute atomic E-state index is 16.2. The van der Waals surface area contributed by atoms with Crippen molar-refractivity contribution in [3.63, 3.8) is 0 Å². The molecule has 4 aromatic heterocycles. The summed E-state index contributed by atoms with van der Waals surface area (Å²) >= 11 is 0. The third-order valence-electron chi connectivity index (χ3n) is 8.91. The molecule has 3 aliphatic rings. The van der Waals surface area contributed by atoms with Crippen molar-refractivity contribution in [3.8, 4) is 11.3 Å². The summed E-state index contributed by atoms with van der Waals surface area (Å²) in [7, 11) is 0. The van der Waals surface area contributed by atoms with Crippen LogP contribution in [0.15, 0.2) is 18.7 Å². The average Bonchev–Trinajstić information content (AvgIpc) is 3.47. The average molecular weight is 504 g/mol. The minimum Gasteiger partial charge on any atom is -0.381 e. The summed E-state index contributed by atoms with van der Waals surface area (Å²) in [6.45, 7) is 14.1.